The molecule has 0 atom stereocenters. The van der Waals surface area contributed by atoms with Crippen LogP contribution in [0.2, 0.25) is 0 Å². The molecule has 14 heavy (non-hydrogen) atoms. The van der Waals surface area contributed by atoms with Crippen LogP contribution in [0.4, 0.5) is 24.9 Å². The van der Waals surface area contributed by atoms with Crippen LogP contribution in [0.5, 0.6) is 0 Å². The van der Waals surface area contributed by atoms with Gasteiger partial charge in [0.05, 0.1) is 0 Å². The maximum absolute atomic E-state index is 12.0. The van der Waals surface area contributed by atoms with Crippen molar-refractivity contribution in [2.45, 2.75) is 6.18 Å². The molecular formula is C7H9F3N4. The summed E-state index contributed by atoms with van der Waals surface area (Å²) in [5.41, 5.74) is 5.30. The highest BCUT2D eigenvalue weighted by atomic mass is 19.4. The number of hydrogen-bond acceptors (Lipinski definition) is 4. The first-order valence-electron chi connectivity index (χ1n) is 3.75. The molecular weight excluding hydrogens is 197 g/mol. The van der Waals surface area contributed by atoms with Gasteiger partial charge in [-0.3, -0.25) is 0 Å². The van der Waals surface area contributed by atoms with E-state index in [1.807, 2.05) is 0 Å². The summed E-state index contributed by atoms with van der Waals surface area (Å²) in [4.78, 5) is 8.19. The maximum Gasteiger partial charge on any atom is 0.406 e. The first-order chi connectivity index (χ1) is 6.38. The molecule has 0 aromatic carbocycles. The second-order valence-electron chi connectivity index (χ2n) is 2.75. The second-order valence-corrected chi connectivity index (χ2v) is 2.75. The molecule has 0 aliphatic carbocycles. The van der Waals surface area contributed by atoms with Crippen molar-refractivity contribution in [1.29, 1.82) is 0 Å². The Hall–Kier alpha value is -1.53. The molecule has 0 saturated carbocycles. The lowest BCUT2D eigenvalue weighted by Gasteiger charge is -2.18. The third-order valence-corrected chi connectivity index (χ3v) is 1.42. The number of nitrogens with zero attached hydrogens (tertiary/aromatic N) is 3. The molecule has 0 fully saturated rings. The van der Waals surface area contributed by atoms with E-state index in [9.17, 15) is 13.2 Å². The van der Waals surface area contributed by atoms with Crippen LogP contribution in [0.1, 0.15) is 0 Å². The molecule has 2 N–H and O–H groups in total. The number of halogens is 3. The highest BCUT2D eigenvalue weighted by Gasteiger charge is 2.30. The summed E-state index contributed by atoms with van der Waals surface area (Å²) >= 11 is 0. The topological polar surface area (TPSA) is 55.0 Å². The van der Waals surface area contributed by atoms with E-state index in [1.54, 1.807) is 0 Å². The number of anilines is 2. The van der Waals surface area contributed by atoms with Gasteiger partial charge in [-0.1, -0.05) is 0 Å². The van der Waals surface area contributed by atoms with Gasteiger partial charge >= 0.3 is 6.18 Å². The summed E-state index contributed by atoms with van der Waals surface area (Å²) in [5, 5.41) is 0. The van der Waals surface area contributed by atoms with Crippen molar-refractivity contribution in [2.24, 2.45) is 0 Å². The molecule has 0 aliphatic rings. The van der Waals surface area contributed by atoms with Gasteiger partial charge in [0, 0.05) is 13.2 Å². The molecule has 0 radical (unpaired) electrons. The maximum atomic E-state index is 12.0. The van der Waals surface area contributed by atoms with E-state index < -0.39 is 12.7 Å². The fourth-order valence-corrected chi connectivity index (χ4v) is 0.885. The predicted molar refractivity (Wildman–Crippen MR) is 45.8 cm³/mol. The van der Waals surface area contributed by atoms with Gasteiger partial charge < -0.3 is 10.6 Å². The molecule has 78 valence electrons. The van der Waals surface area contributed by atoms with Gasteiger partial charge in [-0.15, -0.1) is 0 Å². The third kappa shape index (κ3) is 3.08. The fourth-order valence-electron chi connectivity index (χ4n) is 0.885. The number of aromatic nitrogens is 2. The van der Waals surface area contributed by atoms with Gasteiger partial charge in [0.15, 0.2) is 0 Å². The van der Waals surface area contributed by atoms with Gasteiger partial charge in [-0.05, 0) is 6.07 Å². The Bertz CT molecular complexity index is 312. The highest BCUT2D eigenvalue weighted by molar-refractivity contribution is 5.36. The summed E-state index contributed by atoms with van der Waals surface area (Å²) in [5.74, 6) is 0.103. The fraction of sp³-hybridized carbons (Fsp3) is 0.429. The summed E-state index contributed by atoms with van der Waals surface area (Å²) in [7, 11) is 1.25. The van der Waals surface area contributed by atoms with E-state index in [0.717, 1.165) is 4.90 Å². The van der Waals surface area contributed by atoms with Crippen molar-refractivity contribution in [3.8, 4) is 0 Å². The van der Waals surface area contributed by atoms with Crippen molar-refractivity contribution in [3.63, 3.8) is 0 Å². The van der Waals surface area contributed by atoms with Crippen LogP contribution in [0.25, 0.3) is 0 Å². The minimum atomic E-state index is -4.28. The van der Waals surface area contributed by atoms with E-state index in [4.69, 9.17) is 5.73 Å². The normalized spacial score (nSPS) is 11.4. The molecule has 1 aromatic heterocycles. The quantitative estimate of drug-likeness (QED) is 0.786. The zero-order valence-corrected chi connectivity index (χ0v) is 7.41. The lowest BCUT2D eigenvalue weighted by molar-refractivity contribution is -0.119. The van der Waals surface area contributed by atoms with E-state index in [0.29, 0.717) is 0 Å². The lowest BCUT2D eigenvalue weighted by Crippen LogP contribution is -2.32. The molecule has 0 saturated heterocycles. The van der Waals surface area contributed by atoms with Crippen LogP contribution < -0.4 is 10.6 Å². The third-order valence-electron chi connectivity index (χ3n) is 1.42. The van der Waals surface area contributed by atoms with Crippen molar-refractivity contribution in [1.82, 2.24) is 9.97 Å². The minimum Gasteiger partial charge on any atom is -0.384 e. The number of rotatable bonds is 2. The molecule has 0 amide bonds. The molecule has 1 rings (SSSR count). The Morgan fingerprint density at radius 3 is 2.64 bits per heavy atom. The molecule has 0 unspecified atom stereocenters. The predicted octanol–water partition coefficient (Wildman–Crippen LogP) is 1.06. The first kappa shape index (κ1) is 10.6. The van der Waals surface area contributed by atoms with Crippen LogP contribution in [-0.4, -0.2) is 29.7 Å². The monoisotopic (exact) mass is 206 g/mol. The van der Waals surface area contributed by atoms with Crippen molar-refractivity contribution >= 4 is 11.8 Å². The van der Waals surface area contributed by atoms with Crippen LogP contribution in [0.15, 0.2) is 12.3 Å². The largest absolute Gasteiger partial charge is 0.406 e. The lowest BCUT2D eigenvalue weighted by atomic mass is 10.5. The molecule has 4 nitrogen and oxygen atoms in total. The van der Waals surface area contributed by atoms with Crippen molar-refractivity contribution in [2.75, 3.05) is 24.2 Å². The van der Waals surface area contributed by atoms with Gasteiger partial charge in [-0.25, -0.2) is 4.98 Å². The summed E-state index contributed by atoms with van der Waals surface area (Å²) < 4.78 is 35.9. The Morgan fingerprint density at radius 2 is 2.14 bits per heavy atom. The Balaban J connectivity index is 2.74. The second kappa shape index (κ2) is 3.69. The van der Waals surface area contributed by atoms with Gasteiger partial charge in [0.25, 0.3) is 0 Å². The molecule has 0 bridgehead atoms. The van der Waals surface area contributed by atoms with Crippen LogP contribution in [0.3, 0.4) is 0 Å². The van der Waals surface area contributed by atoms with Crippen LogP contribution in [-0.2, 0) is 0 Å². The number of alkyl halides is 3. The molecule has 7 heteroatoms. The van der Waals surface area contributed by atoms with E-state index in [1.165, 1.54) is 19.3 Å². The zero-order valence-electron chi connectivity index (χ0n) is 7.41. The molecule has 1 aromatic rings. The standard InChI is InChI=1S/C7H9F3N4/c1-14(4-7(8,9)10)6-12-3-2-5(11)13-6/h2-3H,4H2,1H3,(H2,11,12,13). The van der Waals surface area contributed by atoms with E-state index >= 15 is 0 Å². The number of hydrogen-bond donors (Lipinski definition) is 1. The zero-order chi connectivity index (χ0) is 10.8. The molecule has 1 heterocycles. The number of nitrogens with two attached hydrogens (primary N) is 1. The Kier molecular flexibility index (Phi) is 2.78. The van der Waals surface area contributed by atoms with Crippen molar-refractivity contribution in [3.05, 3.63) is 12.3 Å². The average Bonchev–Trinajstić information content (AvgIpc) is 2.01. The van der Waals surface area contributed by atoms with E-state index in [-0.39, 0.29) is 11.8 Å². The smallest absolute Gasteiger partial charge is 0.384 e. The van der Waals surface area contributed by atoms with Crippen LogP contribution >= 0.6 is 0 Å². The van der Waals surface area contributed by atoms with Gasteiger partial charge in [-0.2, -0.15) is 18.2 Å². The Morgan fingerprint density at radius 1 is 1.50 bits per heavy atom. The van der Waals surface area contributed by atoms with E-state index in [2.05, 4.69) is 9.97 Å². The average molecular weight is 206 g/mol. The first-order valence-corrected chi connectivity index (χ1v) is 3.75. The Labute approximate surface area is 78.6 Å². The summed E-state index contributed by atoms with van der Waals surface area (Å²) in [6, 6.07) is 1.41. The highest BCUT2D eigenvalue weighted by Crippen LogP contribution is 2.18. The van der Waals surface area contributed by atoms with Crippen LogP contribution in [0, 0.1) is 0 Å². The van der Waals surface area contributed by atoms with Gasteiger partial charge in [0.1, 0.15) is 12.4 Å². The van der Waals surface area contributed by atoms with Crippen molar-refractivity contribution < 1.29 is 13.2 Å². The minimum absolute atomic E-state index is 0.0395. The summed E-state index contributed by atoms with van der Waals surface area (Å²) in [6.45, 7) is -1.10. The molecule has 0 aliphatic heterocycles. The SMILES string of the molecule is CN(CC(F)(F)F)c1nccc(N)n1. The van der Waals surface area contributed by atoms with Gasteiger partial charge in [0.2, 0.25) is 5.95 Å². The number of nitrogen functional groups attached to an aromatic ring is 1. The molecule has 0 spiro atoms. The summed E-state index contributed by atoms with van der Waals surface area (Å²) in [6.07, 6.45) is -2.97.